The van der Waals surface area contributed by atoms with Crippen LogP contribution in [0, 0.1) is 11.6 Å². The van der Waals surface area contributed by atoms with Crippen LogP contribution in [0.15, 0.2) is 18.2 Å². The Morgan fingerprint density at radius 1 is 1.06 bits per heavy atom. The van der Waals surface area contributed by atoms with Gasteiger partial charge in [0, 0.05) is 6.07 Å². The molecule has 0 heterocycles. The number of hydrogen-bond donors (Lipinski definition) is 2. The standard InChI is InChI=1S/C9H8F5NO.ClH/c10-5-1-4(2-6(11)3-5)7(15)8(16)9(12,13)14;/h1-3,7-8,16H,15H2;1H/t7-,8-;/m1./s1. The molecule has 8 heteroatoms. The smallest absolute Gasteiger partial charge is 0.382 e. The molecular weight excluding hydrogens is 269 g/mol. The SMILES string of the molecule is Cl.N[C@H](c1cc(F)cc(F)c1)[C@@H](O)C(F)(F)F. The van der Waals surface area contributed by atoms with E-state index in [1.165, 1.54) is 0 Å². The average molecular weight is 278 g/mol. The number of rotatable bonds is 2. The molecule has 0 aliphatic rings. The summed E-state index contributed by atoms with van der Waals surface area (Å²) >= 11 is 0. The molecule has 0 bridgehead atoms. The monoisotopic (exact) mass is 277 g/mol. The summed E-state index contributed by atoms with van der Waals surface area (Å²) in [5.41, 5.74) is 4.60. The van der Waals surface area contributed by atoms with E-state index in [9.17, 15) is 22.0 Å². The Morgan fingerprint density at radius 3 is 1.82 bits per heavy atom. The molecular formula is C9H9ClF5NO. The zero-order valence-electron chi connectivity index (χ0n) is 8.21. The van der Waals surface area contributed by atoms with Crippen molar-refractivity contribution in [2.75, 3.05) is 0 Å². The van der Waals surface area contributed by atoms with Gasteiger partial charge in [-0.25, -0.2) is 8.78 Å². The maximum atomic E-state index is 12.7. The average Bonchev–Trinajstić information content (AvgIpc) is 2.12. The number of benzene rings is 1. The van der Waals surface area contributed by atoms with Crippen molar-refractivity contribution >= 4 is 12.4 Å². The number of alkyl halides is 3. The van der Waals surface area contributed by atoms with Gasteiger partial charge < -0.3 is 10.8 Å². The van der Waals surface area contributed by atoms with Crippen molar-refractivity contribution < 1.29 is 27.1 Å². The zero-order valence-corrected chi connectivity index (χ0v) is 9.03. The Morgan fingerprint density at radius 2 is 1.47 bits per heavy atom. The van der Waals surface area contributed by atoms with Gasteiger partial charge in [-0.05, 0) is 17.7 Å². The van der Waals surface area contributed by atoms with Gasteiger partial charge in [0.2, 0.25) is 0 Å². The Kier molecular flexibility index (Phi) is 5.31. The molecule has 0 aliphatic heterocycles. The Balaban J connectivity index is 0.00000256. The lowest BCUT2D eigenvalue weighted by Crippen LogP contribution is -2.38. The molecule has 1 aromatic rings. The van der Waals surface area contributed by atoms with E-state index >= 15 is 0 Å². The minimum atomic E-state index is -4.94. The fraction of sp³-hybridized carbons (Fsp3) is 0.333. The molecule has 0 amide bonds. The van der Waals surface area contributed by atoms with E-state index in [-0.39, 0.29) is 12.4 Å². The summed E-state index contributed by atoms with van der Waals surface area (Å²) in [5, 5.41) is 8.79. The first kappa shape index (κ1) is 16.1. The molecule has 3 N–H and O–H groups in total. The molecule has 0 spiro atoms. The van der Waals surface area contributed by atoms with Gasteiger partial charge >= 0.3 is 6.18 Å². The predicted octanol–water partition coefficient (Wildman–Crippen LogP) is 2.31. The summed E-state index contributed by atoms with van der Waals surface area (Å²) in [4.78, 5) is 0. The normalized spacial score (nSPS) is 15.0. The lowest BCUT2D eigenvalue weighted by Gasteiger charge is -2.21. The predicted molar refractivity (Wildman–Crippen MR) is 52.6 cm³/mol. The summed E-state index contributed by atoms with van der Waals surface area (Å²) in [5.74, 6) is -2.11. The van der Waals surface area contributed by atoms with Crippen molar-refractivity contribution in [1.82, 2.24) is 0 Å². The Bertz CT molecular complexity index is 364. The lowest BCUT2D eigenvalue weighted by molar-refractivity contribution is -0.210. The third-order valence-corrected chi connectivity index (χ3v) is 1.95. The minimum Gasteiger partial charge on any atom is -0.382 e. The van der Waals surface area contributed by atoms with Crippen LogP contribution in [0.25, 0.3) is 0 Å². The Hall–Kier alpha value is -0.920. The highest BCUT2D eigenvalue weighted by Gasteiger charge is 2.42. The van der Waals surface area contributed by atoms with Gasteiger partial charge in [-0.3, -0.25) is 0 Å². The molecule has 0 fully saturated rings. The highest BCUT2D eigenvalue weighted by Crippen LogP contribution is 2.29. The molecule has 0 aromatic heterocycles. The van der Waals surface area contributed by atoms with Crippen molar-refractivity contribution in [3.05, 3.63) is 35.4 Å². The maximum absolute atomic E-state index is 12.7. The first-order chi connectivity index (χ1) is 7.21. The van der Waals surface area contributed by atoms with Crippen molar-refractivity contribution in [3.63, 3.8) is 0 Å². The van der Waals surface area contributed by atoms with Crippen molar-refractivity contribution in [3.8, 4) is 0 Å². The van der Waals surface area contributed by atoms with E-state index < -0.39 is 35.5 Å². The van der Waals surface area contributed by atoms with Crippen LogP contribution in [0.4, 0.5) is 22.0 Å². The fourth-order valence-corrected chi connectivity index (χ4v) is 1.15. The van der Waals surface area contributed by atoms with Crippen LogP contribution in [-0.4, -0.2) is 17.4 Å². The lowest BCUT2D eigenvalue weighted by atomic mass is 10.0. The second-order valence-electron chi connectivity index (χ2n) is 3.22. The van der Waals surface area contributed by atoms with Gasteiger partial charge in [0.1, 0.15) is 11.6 Å². The number of halogens is 6. The van der Waals surface area contributed by atoms with Crippen LogP contribution >= 0.6 is 12.4 Å². The van der Waals surface area contributed by atoms with Crippen LogP contribution in [0.2, 0.25) is 0 Å². The van der Waals surface area contributed by atoms with Gasteiger partial charge in [-0.1, -0.05) is 0 Å². The van der Waals surface area contributed by atoms with Crippen LogP contribution < -0.4 is 5.73 Å². The summed E-state index contributed by atoms with van der Waals surface area (Å²) in [6.07, 6.45) is -7.81. The second-order valence-corrected chi connectivity index (χ2v) is 3.22. The topological polar surface area (TPSA) is 46.2 Å². The highest BCUT2D eigenvalue weighted by atomic mass is 35.5. The van der Waals surface area contributed by atoms with E-state index in [0.717, 1.165) is 0 Å². The summed E-state index contributed by atoms with van der Waals surface area (Å²) < 4.78 is 61.6. The molecule has 0 saturated carbocycles. The van der Waals surface area contributed by atoms with Crippen molar-refractivity contribution in [2.24, 2.45) is 5.73 Å². The molecule has 2 atom stereocenters. The molecule has 2 nitrogen and oxygen atoms in total. The fourth-order valence-electron chi connectivity index (χ4n) is 1.15. The van der Waals surface area contributed by atoms with E-state index in [4.69, 9.17) is 10.8 Å². The molecule has 0 saturated heterocycles. The molecule has 1 rings (SSSR count). The largest absolute Gasteiger partial charge is 0.416 e. The second kappa shape index (κ2) is 5.61. The molecule has 0 radical (unpaired) electrons. The van der Waals surface area contributed by atoms with Gasteiger partial charge in [0.05, 0.1) is 6.04 Å². The highest BCUT2D eigenvalue weighted by molar-refractivity contribution is 5.85. The van der Waals surface area contributed by atoms with E-state index in [1.807, 2.05) is 0 Å². The number of nitrogens with two attached hydrogens (primary N) is 1. The van der Waals surface area contributed by atoms with Gasteiger partial charge in [-0.2, -0.15) is 13.2 Å². The molecule has 0 unspecified atom stereocenters. The molecule has 17 heavy (non-hydrogen) atoms. The Labute approximate surface area is 99.6 Å². The van der Waals surface area contributed by atoms with Crippen LogP contribution in [0.3, 0.4) is 0 Å². The number of hydrogen-bond acceptors (Lipinski definition) is 2. The summed E-state index contributed by atoms with van der Waals surface area (Å²) in [7, 11) is 0. The number of aliphatic hydroxyl groups excluding tert-OH is 1. The van der Waals surface area contributed by atoms with Gasteiger partial charge in [-0.15, -0.1) is 12.4 Å². The van der Waals surface area contributed by atoms with E-state index in [2.05, 4.69) is 0 Å². The van der Waals surface area contributed by atoms with Gasteiger partial charge in [0.25, 0.3) is 0 Å². The summed E-state index contributed by atoms with van der Waals surface area (Å²) in [6, 6.07) is -0.146. The molecule has 98 valence electrons. The van der Waals surface area contributed by atoms with Crippen LogP contribution in [0.5, 0.6) is 0 Å². The summed E-state index contributed by atoms with van der Waals surface area (Å²) in [6.45, 7) is 0. The quantitative estimate of drug-likeness (QED) is 0.815. The minimum absolute atomic E-state index is 0. The first-order valence-corrected chi connectivity index (χ1v) is 4.18. The third kappa shape index (κ3) is 4.10. The van der Waals surface area contributed by atoms with Crippen LogP contribution in [0.1, 0.15) is 11.6 Å². The molecule has 1 aromatic carbocycles. The third-order valence-electron chi connectivity index (χ3n) is 1.95. The van der Waals surface area contributed by atoms with Crippen LogP contribution in [-0.2, 0) is 0 Å². The number of aliphatic hydroxyl groups is 1. The van der Waals surface area contributed by atoms with Crippen molar-refractivity contribution in [2.45, 2.75) is 18.3 Å². The van der Waals surface area contributed by atoms with E-state index in [0.29, 0.717) is 18.2 Å². The van der Waals surface area contributed by atoms with Crippen molar-refractivity contribution in [1.29, 1.82) is 0 Å². The maximum Gasteiger partial charge on any atom is 0.416 e. The first-order valence-electron chi connectivity index (χ1n) is 4.18. The zero-order chi connectivity index (χ0) is 12.5. The van der Waals surface area contributed by atoms with E-state index in [1.54, 1.807) is 0 Å². The molecule has 0 aliphatic carbocycles. The van der Waals surface area contributed by atoms with Gasteiger partial charge in [0.15, 0.2) is 6.10 Å².